The van der Waals surface area contributed by atoms with E-state index in [9.17, 15) is 4.39 Å². The van der Waals surface area contributed by atoms with Gasteiger partial charge in [-0.25, -0.2) is 4.39 Å². The Morgan fingerprint density at radius 2 is 1.63 bits per heavy atom. The fourth-order valence-corrected chi connectivity index (χ4v) is 2.62. The van der Waals surface area contributed by atoms with Crippen LogP contribution in [0.1, 0.15) is 18.5 Å². The molecule has 0 aliphatic carbocycles. The lowest BCUT2D eigenvalue weighted by molar-refractivity contribution is 0.626. The van der Waals surface area contributed by atoms with Gasteiger partial charge in [0, 0.05) is 5.02 Å². The summed E-state index contributed by atoms with van der Waals surface area (Å²) in [5.41, 5.74) is 1.41. The van der Waals surface area contributed by atoms with Gasteiger partial charge in [-0.3, -0.25) is 0 Å². The molecule has 0 radical (unpaired) electrons. The van der Waals surface area contributed by atoms with Gasteiger partial charge in [0.25, 0.3) is 0 Å². The van der Waals surface area contributed by atoms with Crippen LogP contribution in [-0.2, 0) is 0 Å². The molecule has 1 atom stereocenters. The van der Waals surface area contributed by atoms with Crippen molar-refractivity contribution in [3.63, 3.8) is 0 Å². The highest BCUT2D eigenvalue weighted by atomic mass is 35.5. The molecule has 1 nitrogen and oxygen atoms in total. The Balaban J connectivity index is 2.28. The maximum atomic E-state index is 13.0. The fraction of sp³-hybridized carbons (Fsp3) is 0.143. The summed E-state index contributed by atoms with van der Waals surface area (Å²) >= 11 is 18.2. The molecule has 0 heterocycles. The van der Waals surface area contributed by atoms with Gasteiger partial charge in [0.2, 0.25) is 0 Å². The Labute approximate surface area is 126 Å². The fourth-order valence-electron chi connectivity index (χ4n) is 1.78. The molecule has 2 rings (SSSR count). The highest BCUT2D eigenvalue weighted by molar-refractivity contribution is 6.39. The molecule has 0 aliphatic heterocycles. The van der Waals surface area contributed by atoms with Crippen LogP contribution in [0.3, 0.4) is 0 Å². The molecule has 0 spiro atoms. The van der Waals surface area contributed by atoms with Crippen molar-refractivity contribution in [2.45, 2.75) is 13.0 Å². The number of halogens is 4. The Morgan fingerprint density at radius 1 is 1.00 bits per heavy atom. The molecule has 1 unspecified atom stereocenters. The highest BCUT2D eigenvalue weighted by Gasteiger charge is 2.13. The molecule has 5 heteroatoms. The van der Waals surface area contributed by atoms with Crippen LogP contribution >= 0.6 is 34.8 Å². The van der Waals surface area contributed by atoms with Crippen molar-refractivity contribution in [1.82, 2.24) is 0 Å². The van der Waals surface area contributed by atoms with Gasteiger partial charge in [-0.2, -0.15) is 0 Å². The second-order valence-electron chi connectivity index (χ2n) is 4.13. The van der Waals surface area contributed by atoms with E-state index in [1.165, 1.54) is 12.1 Å². The first kappa shape index (κ1) is 14.4. The first-order valence-corrected chi connectivity index (χ1v) is 6.78. The Hall–Kier alpha value is -0.960. The van der Waals surface area contributed by atoms with Crippen molar-refractivity contribution >= 4 is 40.5 Å². The molecule has 0 aromatic heterocycles. The van der Waals surface area contributed by atoms with E-state index in [0.717, 1.165) is 5.56 Å². The van der Waals surface area contributed by atoms with Crippen molar-refractivity contribution < 1.29 is 4.39 Å². The quantitative estimate of drug-likeness (QED) is 0.736. The minimum Gasteiger partial charge on any atom is -0.376 e. The normalized spacial score (nSPS) is 12.3. The zero-order valence-corrected chi connectivity index (χ0v) is 12.3. The molecule has 2 aromatic rings. The average molecular weight is 319 g/mol. The molecule has 100 valence electrons. The van der Waals surface area contributed by atoms with Crippen LogP contribution in [0.15, 0.2) is 36.4 Å². The standard InChI is InChI=1S/C14H11Cl3FN/c1-8(10-6-5-9(18)7-13(10)17)19-14-11(15)3-2-4-12(14)16/h2-8,19H,1H3. The van der Waals surface area contributed by atoms with Gasteiger partial charge in [0.1, 0.15) is 5.82 Å². The van der Waals surface area contributed by atoms with Crippen molar-refractivity contribution in [3.8, 4) is 0 Å². The number of hydrogen-bond acceptors (Lipinski definition) is 1. The smallest absolute Gasteiger partial charge is 0.124 e. The summed E-state index contributed by atoms with van der Waals surface area (Å²) in [6.45, 7) is 1.90. The molecule has 0 amide bonds. The lowest BCUT2D eigenvalue weighted by Gasteiger charge is -2.19. The number of rotatable bonds is 3. The maximum absolute atomic E-state index is 13.0. The molecule has 2 aromatic carbocycles. The van der Waals surface area contributed by atoms with E-state index in [2.05, 4.69) is 5.32 Å². The topological polar surface area (TPSA) is 12.0 Å². The molecule has 0 aliphatic rings. The van der Waals surface area contributed by atoms with Crippen molar-refractivity contribution in [2.75, 3.05) is 5.32 Å². The SMILES string of the molecule is CC(Nc1c(Cl)cccc1Cl)c1ccc(F)cc1Cl. The summed E-state index contributed by atoms with van der Waals surface area (Å²) in [4.78, 5) is 0. The Bertz CT molecular complexity index is 581. The number of anilines is 1. The van der Waals surface area contributed by atoms with E-state index >= 15 is 0 Å². The summed E-state index contributed by atoms with van der Waals surface area (Å²) in [5, 5.41) is 4.60. The Morgan fingerprint density at radius 3 is 2.21 bits per heavy atom. The predicted octanol–water partition coefficient (Wildman–Crippen LogP) is 5.96. The van der Waals surface area contributed by atoms with Gasteiger partial charge in [-0.1, -0.05) is 46.9 Å². The highest BCUT2D eigenvalue weighted by Crippen LogP contribution is 2.34. The van der Waals surface area contributed by atoms with Crippen molar-refractivity contribution in [2.24, 2.45) is 0 Å². The van der Waals surface area contributed by atoms with Gasteiger partial charge < -0.3 is 5.32 Å². The first-order chi connectivity index (χ1) is 8.99. The molecule has 0 bridgehead atoms. The first-order valence-electron chi connectivity index (χ1n) is 5.64. The maximum Gasteiger partial charge on any atom is 0.124 e. The lowest BCUT2D eigenvalue weighted by atomic mass is 10.1. The van der Waals surface area contributed by atoms with E-state index < -0.39 is 0 Å². The van der Waals surface area contributed by atoms with Crippen LogP contribution < -0.4 is 5.32 Å². The van der Waals surface area contributed by atoms with E-state index in [0.29, 0.717) is 20.8 Å². The molecule has 0 fully saturated rings. The molecular formula is C14H11Cl3FN. The van der Waals surface area contributed by atoms with Crippen LogP contribution in [0.2, 0.25) is 15.1 Å². The van der Waals surface area contributed by atoms with Gasteiger partial charge in [-0.05, 0) is 36.8 Å². The number of para-hydroxylation sites is 1. The van der Waals surface area contributed by atoms with Gasteiger partial charge in [0.15, 0.2) is 0 Å². The number of benzene rings is 2. The molecule has 0 saturated heterocycles. The summed E-state index contributed by atoms with van der Waals surface area (Å²) < 4.78 is 13.0. The third kappa shape index (κ3) is 3.33. The molecule has 1 N–H and O–H groups in total. The van der Waals surface area contributed by atoms with Crippen LogP contribution in [0.4, 0.5) is 10.1 Å². The largest absolute Gasteiger partial charge is 0.376 e. The zero-order valence-electron chi connectivity index (χ0n) is 10.1. The van der Waals surface area contributed by atoms with E-state index in [1.54, 1.807) is 24.3 Å². The Kier molecular flexibility index (Phi) is 4.56. The summed E-state index contributed by atoms with van der Waals surface area (Å²) in [7, 11) is 0. The van der Waals surface area contributed by atoms with Crippen LogP contribution in [0.25, 0.3) is 0 Å². The third-order valence-electron chi connectivity index (χ3n) is 2.75. The van der Waals surface area contributed by atoms with Crippen LogP contribution in [-0.4, -0.2) is 0 Å². The minimum atomic E-state index is -0.364. The van der Waals surface area contributed by atoms with Crippen molar-refractivity contribution in [1.29, 1.82) is 0 Å². The van der Waals surface area contributed by atoms with Gasteiger partial charge in [0.05, 0.1) is 21.8 Å². The number of hydrogen-bond donors (Lipinski definition) is 1. The second-order valence-corrected chi connectivity index (χ2v) is 5.35. The second kappa shape index (κ2) is 6.00. The predicted molar refractivity (Wildman–Crippen MR) is 79.9 cm³/mol. The zero-order chi connectivity index (χ0) is 14.0. The summed E-state index contributed by atoms with van der Waals surface area (Å²) in [6.07, 6.45) is 0. The molecular weight excluding hydrogens is 308 g/mol. The van der Waals surface area contributed by atoms with E-state index in [-0.39, 0.29) is 11.9 Å². The van der Waals surface area contributed by atoms with Gasteiger partial charge in [-0.15, -0.1) is 0 Å². The van der Waals surface area contributed by atoms with Crippen LogP contribution in [0.5, 0.6) is 0 Å². The molecule has 19 heavy (non-hydrogen) atoms. The van der Waals surface area contributed by atoms with E-state index in [4.69, 9.17) is 34.8 Å². The lowest BCUT2D eigenvalue weighted by Crippen LogP contribution is -2.08. The summed E-state index contributed by atoms with van der Waals surface area (Å²) in [6, 6.07) is 9.40. The van der Waals surface area contributed by atoms with Crippen molar-refractivity contribution in [3.05, 3.63) is 62.8 Å². The summed E-state index contributed by atoms with van der Waals surface area (Å²) in [5.74, 6) is -0.364. The van der Waals surface area contributed by atoms with Gasteiger partial charge >= 0.3 is 0 Å². The third-order valence-corrected chi connectivity index (χ3v) is 3.71. The van der Waals surface area contributed by atoms with Crippen LogP contribution in [0, 0.1) is 5.82 Å². The number of nitrogens with one attached hydrogen (secondary N) is 1. The minimum absolute atomic E-state index is 0.148. The van der Waals surface area contributed by atoms with E-state index in [1.807, 2.05) is 6.92 Å². The average Bonchev–Trinajstić information content (AvgIpc) is 2.33. The molecule has 0 saturated carbocycles. The monoisotopic (exact) mass is 317 g/mol.